The fraction of sp³-hybridized carbons (Fsp3) is 0.240. The second-order valence-electron chi connectivity index (χ2n) is 7.25. The molecule has 154 valence electrons. The molecule has 3 aromatic carbocycles. The Bertz CT molecular complexity index is 939. The molecule has 0 radical (unpaired) electrons. The van der Waals surface area contributed by atoms with Crippen LogP contribution < -0.4 is 9.64 Å². The number of hydrogen-bond donors (Lipinski definition) is 1. The van der Waals surface area contributed by atoms with Crippen LogP contribution in [0, 0.1) is 0 Å². The Morgan fingerprint density at radius 3 is 2.27 bits per heavy atom. The SMILES string of the molecule is O=C(O)COc1cccc2c1CCN2CCSC(c1ccccc1)c1ccccc1. The number of carboxylic acids is 1. The molecule has 0 saturated carbocycles. The van der Waals surface area contributed by atoms with Crippen molar-refractivity contribution >= 4 is 23.4 Å². The summed E-state index contributed by atoms with van der Waals surface area (Å²) in [5.74, 6) is 0.733. The predicted octanol–water partition coefficient (Wildman–Crippen LogP) is 5.04. The Labute approximate surface area is 181 Å². The van der Waals surface area contributed by atoms with Crippen molar-refractivity contribution in [3.8, 4) is 5.75 Å². The molecule has 0 aliphatic carbocycles. The molecular weight excluding hydrogens is 394 g/mol. The third-order valence-electron chi connectivity index (χ3n) is 5.28. The number of carboxylic acid groups (broad SMARTS) is 1. The Kier molecular flexibility index (Phi) is 6.60. The molecule has 0 spiro atoms. The first-order valence-electron chi connectivity index (χ1n) is 10.2. The molecule has 1 N–H and O–H groups in total. The normalized spacial score (nSPS) is 12.8. The van der Waals surface area contributed by atoms with E-state index in [0.29, 0.717) is 11.0 Å². The average Bonchev–Trinajstić information content (AvgIpc) is 3.20. The highest BCUT2D eigenvalue weighted by molar-refractivity contribution is 7.99. The molecule has 30 heavy (non-hydrogen) atoms. The van der Waals surface area contributed by atoms with Gasteiger partial charge in [0.15, 0.2) is 6.61 Å². The first-order chi connectivity index (χ1) is 14.7. The molecule has 1 aliphatic rings. The number of fused-ring (bicyclic) bond motifs is 1. The summed E-state index contributed by atoms with van der Waals surface area (Å²) in [6.45, 7) is 1.57. The minimum Gasteiger partial charge on any atom is -0.482 e. The summed E-state index contributed by atoms with van der Waals surface area (Å²) < 4.78 is 5.49. The van der Waals surface area contributed by atoms with E-state index in [1.54, 1.807) is 0 Å². The number of aliphatic carboxylic acids is 1. The number of carbonyl (C=O) groups is 1. The van der Waals surface area contributed by atoms with Gasteiger partial charge < -0.3 is 14.7 Å². The van der Waals surface area contributed by atoms with Gasteiger partial charge in [-0.25, -0.2) is 4.79 Å². The summed E-state index contributed by atoms with van der Waals surface area (Å²) in [6.07, 6.45) is 0.886. The van der Waals surface area contributed by atoms with Gasteiger partial charge in [-0.15, -0.1) is 11.8 Å². The lowest BCUT2D eigenvalue weighted by Gasteiger charge is -2.22. The summed E-state index contributed by atoms with van der Waals surface area (Å²) in [4.78, 5) is 13.2. The lowest BCUT2D eigenvalue weighted by molar-refractivity contribution is -0.139. The van der Waals surface area contributed by atoms with Crippen LogP contribution >= 0.6 is 11.8 Å². The number of hydrogen-bond acceptors (Lipinski definition) is 4. The smallest absolute Gasteiger partial charge is 0.341 e. The Balaban J connectivity index is 1.43. The van der Waals surface area contributed by atoms with Crippen LogP contribution in [0.4, 0.5) is 5.69 Å². The maximum absolute atomic E-state index is 10.8. The van der Waals surface area contributed by atoms with Gasteiger partial charge in [0.1, 0.15) is 5.75 Å². The molecule has 5 heteroatoms. The molecule has 0 aromatic heterocycles. The number of benzene rings is 3. The molecule has 3 aromatic rings. The van der Waals surface area contributed by atoms with E-state index in [0.717, 1.165) is 36.5 Å². The van der Waals surface area contributed by atoms with Crippen LogP contribution in [0.25, 0.3) is 0 Å². The standard InChI is InChI=1S/C25H25NO3S/c27-24(28)18-29-23-13-7-12-22-21(23)14-15-26(22)16-17-30-25(19-8-3-1-4-9-19)20-10-5-2-6-11-20/h1-13,25H,14-18H2,(H,27,28). The molecule has 0 bridgehead atoms. The zero-order valence-corrected chi connectivity index (χ0v) is 17.6. The van der Waals surface area contributed by atoms with E-state index >= 15 is 0 Å². The predicted molar refractivity (Wildman–Crippen MR) is 123 cm³/mol. The minimum atomic E-state index is -0.952. The highest BCUT2D eigenvalue weighted by Crippen LogP contribution is 2.38. The van der Waals surface area contributed by atoms with Gasteiger partial charge in [-0.2, -0.15) is 0 Å². The first-order valence-corrected chi connectivity index (χ1v) is 11.2. The average molecular weight is 420 g/mol. The van der Waals surface area contributed by atoms with Crippen molar-refractivity contribution < 1.29 is 14.6 Å². The second kappa shape index (κ2) is 9.72. The second-order valence-corrected chi connectivity index (χ2v) is 8.46. The summed E-state index contributed by atoms with van der Waals surface area (Å²) in [6, 6.07) is 27.2. The van der Waals surface area contributed by atoms with Crippen LogP contribution in [0.15, 0.2) is 78.9 Å². The largest absolute Gasteiger partial charge is 0.482 e. The monoisotopic (exact) mass is 419 g/mol. The van der Waals surface area contributed by atoms with E-state index in [9.17, 15) is 4.79 Å². The fourth-order valence-electron chi connectivity index (χ4n) is 3.90. The summed E-state index contributed by atoms with van der Waals surface area (Å²) >= 11 is 1.96. The number of thioether (sulfide) groups is 1. The van der Waals surface area contributed by atoms with Crippen LogP contribution in [0.1, 0.15) is 21.9 Å². The quantitative estimate of drug-likeness (QED) is 0.527. The van der Waals surface area contributed by atoms with E-state index < -0.39 is 5.97 Å². The summed E-state index contributed by atoms with van der Waals surface area (Å²) in [5, 5.41) is 9.20. The van der Waals surface area contributed by atoms with Gasteiger partial charge in [0.25, 0.3) is 0 Å². The maximum atomic E-state index is 10.8. The Morgan fingerprint density at radius 1 is 0.967 bits per heavy atom. The van der Waals surface area contributed by atoms with Crippen LogP contribution in [0.2, 0.25) is 0 Å². The van der Waals surface area contributed by atoms with Crippen molar-refractivity contribution in [2.24, 2.45) is 0 Å². The molecule has 4 nitrogen and oxygen atoms in total. The lowest BCUT2D eigenvalue weighted by atomic mass is 10.0. The summed E-state index contributed by atoms with van der Waals surface area (Å²) in [7, 11) is 0. The Hall–Kier alpha value is -2.92. The number of anilines is 1. The van der Waals surface area contributed by atoms with Crippen LogP contribution in [-0.4, -0.2) is 36.5 Å². The molecule has 0 unspecified atom stereocenters. The van der Waals surface area contributed by atoms with Gasteiger partial charge in [0.2, 0.25) is 0 Å². The molecule has 0 saturated heterocycles. The van der Waals surface area contributed by atoms with Crippen LogP contribution in [0.3, 0.4) is 0 Å². The van der Waals surface area contributed by atoms with Crippen LogP contribution in [-0.2, 0) is 11.2 Å². The van der Waals surface area contributed by atoms with Crippen molar-refractivity contribution in [2.75, 3.05) is 30.3 Å². The third kappa shape index (κ3) is 4.79. The van der Waals surface area contributed by atoms with Gasteiger partial charge in [-0.1, -0.05) is 66.7 Å². The molecular formula is C25H25NO3S. The Morgan fingerprint density at radius 2 is 1.63 bits per heavy atom. The molecule has 4 rings (SSSR count). The van der Waals surface area contributed by atoms with E-state index in [1.165, 1.54) is 11.1 Å². The first kappa shape index (κ1) is 20.4. The zero-order chi connectivity index (χ0) is 20.8. The zero-order valence-electron chi connectivity index (χ0n) is 16.7. The van der Waals surface area contributed by atoms with E-state index in [-0.39, 0.29) is 6.61 Å². The highest BCUT2D eigenvalue weighted by Gasteiger charge is 2.23. The molecule has 1 aliphatic heterocycles. The van der Waals surface area contributed by atoms with E-state index in [1.807, 2.05) is 23.9 Å². The fourth-order valence-corrected chi connectivity index (χ4v) is 5.16. The number of rotatable bonds is 9. The third-order valence-corrected chi connectivity index (χ3v) is 6.58. The van der Waals surface area contributed by atoms with Gasteiger partial charge in [0, 0.05) is 30.1 Å². The lowest BCUT2D eigenvalue weighted by Crippen LogP contribution is -2.23. The minimum absolute atomic E-state index is 0.303. The molecule has 1 heterocycles. The number of nitrogens with zero attached hydrogens (tertiary/aromatic N) is 1. The van der Waals surface area contributed by atoms with Gasteiger partial charge in [-0.05, 0) is 29.7 Å². The van der Waals surface area contributed by atoms with Crippen LogP contribution in [0.5, 0.6) is 5.75 Å². The van der Waals surface area contributed by atoms with Crippen molar-refractivity contribution in [3.63, 3.8) is 0 Å². The van der Waals surface area contributed by atoms with E-state index in [4.69, 9.17) is 9.84 Å². The molecule has 0 atom stereocenters. The molecule has 0 fully saturated rings. The van der Waals surface area contributed by atoms with Gasteiger partial charge in [-0.3, -0.25) is 0 Å². The van der Waals surface area contributed by atoms with E-state index in [2.05, 4.69) is 71.6 Å². The molecule has 0 amide bonds. The van der Waals surface area contributed by atoms with Crippen molar-refractivity contribution in [1.82, 2.24) is 0 Å². The summed E-state index contributed by atoms with van der Waals surface area (Å²) in [5.41, 5.74) is 4.92. The highest BCUT2D eigenvalue weighted by atomic mass is 32.2. The topological polar surface area (TPSA) is 49.8 Å². The van der Waals surface area contributed by atoms with Crippen molar-refractivity contribution in [1.29, 1.82) is 0 Å². The van der Waals surface area contributed by atoms with Crippen molar-refractivity contribution in [2.45, 2.75) is 11.7 Å². The van der Waals surface area contributed by atoms with Gasteiger partial charge >= 0.3 is 5.97 Å². The van der Waals surface area contributed by atoms with Crippen molar-refractivity contribution in [3.05, 3.63) is 95.6 Å². The number of ether oxygens (including phenoxy) is 1. The maximum Gasteiger partial charge on any atom is 0.341 e. The van der Waals surface area contributed by atoms with Gasteiger partial charge in [0.05, 0.1) is 5.25 Å².